The molecule has 0 bridgehead atoms. The summed E-state index contributed by atoms with van der Waals surface area (Å²) in [6, 6.07) is 10.0. The summed E-state index contributed by atoms with van der Waals surface area (Å²) in [4.78, 5) is 0. The molecule has 18 heavy (non-hydrogen) atoms. The Morgan fingerprint density at radius 2 is 1.94 bits per heavy atom. The zero-order chi connectivity index (χ0) is 12.8. The molecule has 2 aromatic rings. The first-order valence-corrected chi connectivity index (χ1v) is 6.36. The van der Waals surface area contributed by atoms with E-state index in [2.05, 4.69) is 18.3 Å². The number of nitrogens with one attached hydrogen (secondary N) is 1. The molecular formula is C15H19NO2. The quantitative estimate of drug-likeness (QED) is 0.846. The molecule has 1 aromatic heterocycles. The standard InChI is InChI=1S/C15H19NO2/c1-3-16-11-15-13(9-10-18-15)12-7-5-6-8-14(12)17-4-2/h5-10,16H,3-4,11H2,1-2H3. The van der Waals surface area contributed by atoms with Gasteiger partial charge in [0.1, 0.15) is 11.5 Å². The Morgan fingerprint density at radius 1 is 1.11 bits per heavy atom. The van der Waals surface area contributed by atoms with Crippen molar-refractivity contribution in [3.05, 3.63) is 42.4 Å². The highest BCUT2D eigenvalue weighted by Gasteiger charge is 2.12. The van der Waals surface area contributed by atoms with E-state index in [1.807, 2.05) is 31.2 Å². The van der Waals surface area contributed by atoms with Crippen molar-refractivity contribution >= 4 is 0 Å². The second-order valence-electron chi connectivity index (χ2n) is 3.97. The molecule has 0 saturated heterocycles. The van der Waals surface area contributed by atoms with Crippen LogP contribution in [0.1, 0.15) is 19.6 Å². The minimum absolute atomic E-state index is 0.664. The fourth-order valence-corrected chi connectivity index (χ4v) is 1.93. The van der Waals surface area contributed by atoms with E-state index in [9.17, 15) is 0 Å². The summed E-state index contributed by atoms with van der Waals surface area (Å²) in [7, 11) is 0. The molecule has 0 aliphatic heterocycles. The van der Waals surface area contributed by atoms with Crippen molar-refractivity contribution in [2.24, 2.45) is 0 Å². The van der Waals surface area contributed by atoms with Crippen molar-refractivity contribution < 1.29 is 9.15 Å². The molecular weight excluding hydrogens is 226 g/mol. The number of benzene rings is 1. The van der Waals surface area contributed by atoms with Crippen molar-refractivity contribution in [3.63, 3.8) is 0 Å². The maximum absolute atomic E-state index is 5.66. The number of furan rings is 1. The van der Waals surface area contributed by atoms with Crippen LogP contribution in [-0.2, 0) is 6.54 Å². The highest BCUT2D eigenvalue weighted by molar-refractivity contribution is 5.71. The van der Waals surface area contributed by atoms with Crippen LogP contribution in [0.15, 0.2) is 41.0 Å². The molecule has 0 spiro atoms. The van der Waals surface area contributed by atoms with E-state index < -0.39 is 0 Å². The third kappa shape index (κ3) is 2.74. The van der Waals surface area contributed by atoms with Crippen LogP contribution in [-0.4, -0.2) is 13.2 Å². The van der Waals surface area contributed by atoms with E-state index in [0.717, 1.165) is 35.7 Å². The molecule has 3 nitrogen and oxygen atoms in total. The number of rotatable bonds is 6. The number of hydrogen-bond donors (Lipinski definition) is 1. The summed E-state index contributed by atoms with van der Waals surface area (Å²) in [6.07, 6.45) is 1.73. The zero-order valence-electron chi connectivity index (χ0n) is 10.9. The van der Waals surface area contributed by atoms with E-state index >= 15 is 0 Å². The molecule has 0 fully saturated rings. The smallest absolute Gasteiger partial charge is 0.127 e. The summed E-state index contributed by atoms with van der Waals surface area (Å²) >= 11 is 0. The van der Waals surface area contributed by atoms with Gasteiger partial charge in [-0.15, -0.1) is 0 Å². The fourth-order valence-electron chi connectivity index (χ4n) is 1.93. The average molecular weight is 245 g/mol. The van der Waals surface area contributed by atoms with Gasteiger partial charge in [0.05, 0.1) is 19.4 Å². The molecule has 1 N–H and O–H groups in total. The van der Waals surface area contributed by atoms with Gasteiger partial charge in [-0.1, -0.05) is 25.1 Å². The summed E-state index contributed by atoms with van der Waals surface area (Å²) in [5.74, 6) is 1.85. The Morgan fingerprint density at radius 3 is 2.72 bits per heavy atom. The molecule has 3 heteroatoms. The monoisotopic (exact) mass is 245 g/mol. The second kappa shape index (κ2) is 6.26. The van der Waals surface area contributed by atoms with Crippen molar-refractivity contribution in [1.29, 1.82) is 0 Å². The van der Waals surface area contributed by atoms with E-state index in [1.165, 1.54) is 0 Å². The molecule has 1 aromatic carbocycles. The Bertz CT molecular complexity index is 491. The van der Waals surface area contributed by atoms with E-state index in [1.54, 1.807) is 6.26 Å². The Balaban J connectivity index is 2.33. The minimum atomic E-state index is 0.664. The highest BCUT2D eigenvalue weighted by Crippen LogP contribution is 2.32. The summed E-state index contributed by atoms with van der Waals surface area (Å²) < 4.78 is 11.2. The lowest BCUT2D eigenvalue weighted by molar-refractivity contribution is 0.341. The van der Waals surface area contributed by atoms with Crippen LogP contribution >= 0.6 is 0 Å². The maximum Gasteiger partial charge on any atom is 0.127 e. The average Bonchev–Trinajstić information content (AvgIpc) is 2.85. The molecule has 0 radical (unpaired) electrons. The third-order valence-electron chi connectivity index (χ3n) is 2.76. The van der Waals surface area contributed by atoms with Gasteiger partial charge < -0.3 is 14.5 Å². The molecule has 0 amide bonds. The van der Waals surface area contributed by atoms with Gasteiger partial charge in [0.15, 0.2) is 0 Å². The van der Waals surface area contributed by atoms with Crippen LogP contribution in [0.25, 0.3) is 11.1 Å². The molecule has 0 aliphatic rings. The highest BCUT2D eigenvalue weighted by atomic mass is 16.5. The summed E-state index contributed by atoms with van der Waals surface area (Å²) in [5, 5.41) is 3.28. The first kappa shape index (κ1) is 12.7. The minimum Gasteiger partial charge on any atom is -0.493 e. The van der Waals surface area contributed by atoms with Crippen molar-refractivity contribution in [3.8, 4) is 16.9 Å². The fraction of sp³-hybridized carbons (Fsp3) is 0.333. The lowest BCUT2D eigenvalue weighted by Gasteiger charge is -2.10. The predicted molar refractivity (Wildman–Crippen MR) is 72.7 cm³/mol. The van der Waals surface area contributed by atoms with E-state index in [4.69, 9.17) is 9.15 Å². The van der Waals surface area contributed by atoms with Gasteiger partial charge in [-0.25, -0.2) is 0 Å². The van der Waals surface area contributed by atoms with E-state index in [0.29, 0.717) is 6.61 Å². The van der Waals surface area contributed by atoms with Gasteiger partial charge in [-0.05, 0) is 25.6 Å². The molecule has 0 atom stereocenters. The van der Waals surface area contributed by atoms with Crippen LogP contribution in [0.2, 0.25) is 0 Å². The normalized spacial score (nSPS) is 10.6. The predicted octanol–water partition coefficient (Wildman–Crippen LogP) is 3.45. The topological polar surface area (TPSA) is 34.4 Å². The SMILES string of the molecule is CCNCc1occc1-c1ccccc1OCC. The maximum atomic E-state index is 5.66. The number of hydrogen-bond acceptors (Lipinski definition) is 3. The summed E-state index contributed by atoms with van der Waals surface area (Å²) in [5.41, 5.74) is 2.18. The van der Waals surface area contributed by atoms with Crippen LogP contribution in [0.4, 0.5) is 0 Å². The van der Waals surface area contributed by atoms with Crippen molar-refractivity contribution in [1.82, 2.24) is 5.32 Å². The molecule has 0 saturated carbocycles. The van der Waals surface area contributed by atoms with Crippen molar-refractivity contribution in [2.75, 3.05) is 13.2 Å². The molecule has 0 aliphatic carbocycles. The van der Waals surface area contributed by atoms with Crippen LogP contribution < -0.4 is 10.1 Å². The van der Waals surface area contributed by atoms with Crippen LogP contribution in [0.5, 0.6) is 5.75 Å². The van der Waals surface area contributed by atoms with Crippen molar-refractivity contribution in [2.45, 2.75) is 20.4 Å². The Kier molecular flexibility index (Phi) is 4.42. The first-order valence-electron chi connectivity index (χ1n) is 6.36. The molecule has 96 valence electrons. The number of ether oxygens (including phenoxy) is 1. The Hall–Kier alpha value is -1.74. The third-order valence-corrected chi connectivity index (χ3v) is 2.76. The lowest BCUT2D eigenvalue weighted by atomic mass is 10.1. The van der Waals surface area contributed by atoms with Gasteiger partial charge in [0, 0.05) is 11.1 Å². The lowest BCUT2D eigenvalue weighted by Crippen LogP contribution is -2.11. The molecule has 0 unspecified atom stereocenters. The van der Waals surface area contributed by atoms with Gasteiger partial charge in [-0.3, -0.25) is 0 Å². The first-order chi connectivity index (χ1) is 8.86. The summed E-state index contributed by atoms with van der Waals surface area (Å²) in [6.45, 7) is 6.40. The van der Waals surface area contributed by atoms with Crippen LogP contribution in [0.3, 0.4) is 0 Å². The van der Waals surface area contributed by atoms with Crippen LogP contribution in [0, 0.1) is 0 Å². The largest absolute Gasteiger partial charge is 0.493 e. The Labute approximate surface area is 108 Å². The molecule has 2 rings (SSSR count). The van der Waals surface area contributed by atoms with E-state index in [-0.39, 0.29) is 0 Å². The molecule has 1 heterocycles. The van der Waals surface area contributed by atoms with Gasteiger partial charge in [0.25, 0.3) is 0 Å². The van der Waals surface area contributed by atoms with Gasteiger partial charge >= 0.3 is 0 Å². The van der Waals surface area contributed by atoms with Gasteiger partial charge in [-0.2, -0.15) is 0 Å². The number of para-hydroxylation sites is 1. The second-order valence-corrected chi connectivity index (χ2v) is 3.97. The van der Waals surface area contributed by atoms with Gasteiger partial charge in [0.2, 0.25) is 0 Å². The zero-order valence-corrected chi connectivity index (χ0v) is 10.9.